The molecule has 134 valence electrons. The smallest absolute Gasteiger partial charge is 0.136 e. The van der Waals surface area contributed by atoms with Crippen LogP contribution in [0.1, 0.15) is 30.9 Å². The van der Waals surface area contributed by atoms with Crippen LogP contribution in [0.2, 0.25) is 0 Å². The van der Waals surface area contributed by atoms with Gasteiger partial charge in [-0.15, -0.1) is 0 Å². The van der Waals surface area contributed by atoms with Crippen molar-refractivity contribution in [2.75, 3.05) is 0 Å². The average molecular weight is 353 g/mol. The Hall–Kier alpha value is -3.13. The highest BCUT2D eigenvalue weighted by Crippen LogP contribution is 2.25. The molecule has 4 aromatic rings. The molecular weight excluding hydrogens is 330 g/mol. The van der Waals surface area contributed by atoms with Crippen molar-refractivity contribution in [2.24, 2.45) is 4.99 Å². The fraction of sp³-hybridized carbons (Fsp3) is 0.160. The van der Waals surface area contributed by atoms with Gasteiger partial charge in [0.15, 0.2) is 0 Å². The minimum Gasteiger partial charge on any atom is -0.456 e. The Bertz CT molecular complexity index is 1140. The van der Waals surface area contributed by atoms with Gasteiger partial charge in [0, 0.05) is 17.0 Å². The quantitative estimate of drug-likeness (QED) is 0.399. The van der Waals surface area contributed by atoms with Gasteiger partial charge in [-0.3, -0.25) is 0 Å². The summed E-state index contributed by atoms with van der Waals surface area (Å²) in [6.45, 7) is 6.49. The molecule has 0 saturated carbocycles. The summed E-state index contributed by atoms with van der Waals surface area (Å²) in [6, 6.07) is 26.9. The first-order valence-corrected chi connectivity index (χ1v) is 9.35. The summed E-state index contributed by atoms with van der Waals surface area (Å²) < 4.78 is 6.22. The minimum absolute atomic E-state index is 0.513. The Kier molecular flexibility index (Phi) is 4.64. The molecule has 0 radical (unpaired) electrons. The molecule has 1 heterocycles. The van der Waals surface area contributed by atoms with Crippen LogP contribution in [0, 0.1) is 6.92 Å². The van der Waals surface area contributed by atoms with Gasteiger partial charge >= 0.3 is 0 Å². The van der Waals surface area contributed by atoms with Crippen molar-refractivity contribution in [1.82, 2.24) is 0 Å². The third-order valence-electron chi connectivity index (χ3n) is 4.77. The SMILES string of the molecule is Cc1ccc2oc(-c3ccc(C(C)C)cc3)cc(=Nc3ccccc3)c2c1. The van der Waals surface area contributed by atoms with E-state index < -0.39 is 0 Å². The highest BCUT2D eigenvalue weighted by molar-refractivity contribution is 5.79. The summed E-state index contributed by atoms with van der Waals surface area (Å²) in [4.78, 5) is 4.88. The van der Waals surface area contributed by atoms with Crippen molar-refractivity contribution < 1.29 is 4.42 Å². The number of nitrogens with zero attached hydrogens (tertiary/aromatic N) is 1. The Labute approximate surface area is 159 Å². The average Bonchev–Trinajstić information content (AvgIpc) is 2.69. The second-order valence-corrected chi connectivity index (χ2v) is 7.22. The van der Waals surface area contributed by atoms with E-state index >= 15 is 0 Å². The first-order chi connectivity index (χ1) is 13.1. The van der Waals surface area contributed by atoms with E-state index in [2.05, 4.69) is 57.2 Å². The van der Waals surface area contributed by atoms with Crippen molar-refractivity contribution in [3.05, 3.63) is 95.3 Å². The molecule has 2 nitrogen and oxygen atoms in total. The molecule has 27 heavy (non-hydrogen) atoms. The molecule has 3 aromatic carbocycles. The monoisotopic (exact) mass is 353 g/mol. The Morgan fingerprint density at radius 1 is 0.815 bits per heavy atom. The molecule has 4 rings (SSSR count). The van der Waals surface area contributed by atoms with Crippen LogP contribution in [0.25, 0.3) is 22.3 Å². The highest BCUT2D eigenvalue weighted by Gasteiger charge is 2.07. The van der Waals surface area contributed by atoms with Crippen molar-refractivity contribution in [1.29, 1.82) is 0 Å². The predicted molar refractivity (Wildman–Crippen MR) is 112 cm³/mol. The molecule has 0 aliphatic heterocycles. The second-order valence-electron chi connectivity index (χ2n) is 7.22. The van der Waals surface area contributed by atoms with E-state index in [1.54, 1.807) is 0 Å². The van der Waals surface area contributed by atoms with Crippen molar-refractivity contribution >= 4 is 16.7 Å². The van der Waals surface area contributed by atoms with Crippen LogP contribution >= 0.6 is 0 Å². The predicted octanol–water partition coefficient (Wildman–Crippen LogP) is 6.76. The number of benzene rings is 3. The molecule has 0 amide bonds. The van der Waals surface area contributed by atoms with Gasteiger partial charge in [-0.2, -0.15) is 0 Å². The number of fused-ring (bicyclic) bond motifs is 1. The molecule has 0 saturated heterocycles. The lowest BCUT2D eigenvalue weighted by molar-refractivity contribution is 0.618. The highest BCUT2D eigenvalue weighted by atomic mass is 16.3. The third-order valence-corrected chi connectivity index (χ3v) is 4.77. The van der Waals surface area contributed by atoms with Crippen molar-refractivity contribution in [3.63, 3.8) is 0 Å². The van der Waals surface area contributed by atoms with Crippen LogP contribution < -0.4 is 5.36 Å². The standard InChI is InChI=1S/C25H23NO/c1-17(2)19-10-12-20(13-11-19)25-16-23(26-21-7-5-4-6-8-21)22-15-18(3)9-14-24(22)27-25/h4-17H,1-3H3. The van der Waals surface area contributed by atoms with Gasteiger partial charge in [0.25, 0.3) is 0 Å². The van der Waals surface area contributed by atoms with E-state index in [0.29, 0.717) is 5.92 Å². The number of hydrogen-bond donors (Lipinski definition) is 0. The van der Waals surface area contributed by atoms with Crippen LogP contribution in [-0.4, -0.2) is 0 Å². The van der Waals surface area contributed by atoms with E-state index in [0.717, 1.165) is 33.3 Å². The van der Waals surface area contributed by atoms with Gasteiger partial charge in [-0.05, 0) is 42.7 Å². The second kappa shape index (κ2) is 7.24. The maximum absolute atomic E-state index is 6.22. The van der Waals surface area contributed by atoms with Crippen LogP contribution in [0.4, 0.5) is 5.69 Å². The molecule has 0 atom stereocenters. The zero-order valence-corrected chi connectivity index (χ0v) is 15.9. The van der Waals surface area contributed by atoms with Crippen LogP contribution in [0.15, 0.2) is 88.3 Å². The molecule has 0 N–H and O–H groups in total. The Balaban J connectivity index is 1.93. The third kappa shape index (κ3) is 3.70. The van der Waals surface area contributed by atoms with E-state index in [1.165, 1.54) is 11.1 Å². The molecule has 0 aliphatic rings. The molecule has 0 spiro atoms. The summed E-state index contributed by atoms with van der Waals surface area (Å²) in [5, 5.41) is 1.95. The first kappa shape index (κ1) is 17.3. The summed E-state index contributed by atoms with van der Waals surface area (Å²) in [5.74, 6) is 1.34. The minimum atomic E-state index is 0.513. The number of para-hydroxylation sites is 1. The molecule has 0 unspecified atom stereocenters. The van der Waals surface area contributed by atoms with Gasteiger partial charge in [0.1, 0.15) is 11.3 Å². The maximum Gasteiger partial charge on any atom is 0.136 e. The van der Waals surface area contributed by atoms with Crippen LogP contribution in [0.3, 0.4) is 0 Å². The lowest BCUT2D eigenvalue weighted by Crippen LogP contribution is -2.03. The van der Waals surface area contributed by atoms with Crippen molar-refractivity contribution in [2.45, 2.75) is 26.7 Å². The van der Waals surface area contributed by atoms with E-state index in [1.807, 2.05) is 42.5 Å². The summed E-state index contributed by atoms with van der Waals surface area (Å²) in [7, 11) is 0. The lowest BCUT2D eigenvalue weighted by atomic mass is 10.0. The van der Waals surface area contributed by atoms with Crippen molar-refractivity contribution in [3.8, 4) is 11.3 Å². The molecule has 2 heteroatoms. The fourth-order valence-corrected chi connectivity index (χ4v) is 3.19. The number of hydrogen-bond acceptors (Lipinski definition) is 2. The normalized spacial score (nSPS) is 12.1. The summed E-state index contributed by atoms with van der Waals surface area (Å²) in [5.41, 5.74) is 5.36. The molecular formula is C25H23NO. The number of aryl methyl sites for hydroxylation is 1. The molecule has 0 aliphatic carbocycles. The zero-order chi connectivity index (χ0) is 18.8. The maximum atomic E-state index is 6.22. The fourth-order valence-electron chi connectivity index (χ4n) is 3.19. The van der Waals surface area contributed by atoms with Gasteiger partial charge in [-0.1, -0.05) is 67.9 Å². The molecule has 0 fully saturated rings. The van der Waals surface area contributed by atoms with Gasteiger partial charge in [0.2, 0.25) is 0 Å². The first-order valence-electron chi connectivity index (χ1n) is 9.35. The molecule has 1 aromatic heterocycles. The van der Waals surface area contributed by atoms with E-state index in [9.17, 15) is 0 Å². The van der Waals surface area contributed by atoms with E-state index in [-0.39, 0.29) is 0 Å². The summed E-state index contributed by atoms with van der Waals surface area (Å²) >= 11 is 0. The van der Waals surface area contributed by atoms with Gasteiger partial charge < -0.3 is 4.42 Å². The van der Waals surface area contributed by atoms with Gasteiger partial charge in [-0.25, -0.2) is 4.99 Å². The van der Waals surface area contributed by atoms with Gasteiger partial charge in [0.05, 0.1) is 11.0 Å². The molecule has 0 bridgehead atoms. The largest absolute Gasteiger partial charge is 0.456 e. The van der Waals surface area contributed by atoms with Crippen LogP contribution in [-0.2, 0) is 0 Å². The van der Waals surface area contributed by atoms with E-state index in [4.69, 9.17) is 9.41 Å². The Morgan fingerprint density at radius 3 is 2.26 bits per heavy atom. The lowest BCUT2D eigenvalue weighted by Gasteiger charge is -2.08. The Morgan fingerprint density at radius 2 is 1.56 bits per heavy atom. The topological polar surface area (TPSA) is 25.5 Å². The van der Waals surface area contributed by atoms with Crippen LogP contribution in [0.5, 0.6) is 0 Å². The summed E-state index contributed by atoms with van der Waals surface area (Å²) in [6.07, 6.45) is 0. The zero-order valence-electron chi connectivity index (χ0n) is 15.9. The number of rotatable bonds is 3.